The van der Waals surface area contributed by atoms with E-state index in [4.69, 9.17) is 5.73 Å². The maximum Gasteiger partial charge on any atom is 0.308 e. The van der Waals surface area contributed by atoms with Gasteiger partial charge in [-0.1, -0.05) is 20.8 Å². The van der Waals surface area contributed by atoms with E-state index < -0.39 is 17.8 Å². The molecule has 0 aliphatic carbocycles. The second-order valence-corrected chi connectivity index (χ2v) is 6.43. The number of hydrogen-bond donors (Lipinski definition) is 3. The van der Waals surface area contributed by atoms with Gasteiger partial charge in [-0.15, -0.1) is 0 Å². The van der Waals surface area contributed by atoms with E-state index in [9.17, 15) is 14.7 Å². The highest BCUT2D eigenvalue weighted by Gasteiger charge is 2.24. The van der Waals surface area contributed by atoms with E-state index in [1.165, 1.54) is 6.07 Å². The van der Waals surface area contributed by atoms with Gasteiger partial charge >= 0.3 is 5.97 Å². The minimum absolute atomic E-state index is 0.0802. The Morgan fingerprint density at radius 3 is 2.48 bits per heavy atom. The lowest BCUT2D eigenvalue weighted by atomic mass is 9.84. The fourth-order valence-electron chi connectivity index (χ4n) is 2.12. The Hall–Kier alpha value is -2.11. The third-order valence-corrected chi connectivity index (χ3v) is 2.98. The van der Waals surface area contributed by atoms with E-state index >= 15 is 0 Å². The highest BCUT2D eigenvalue weighted by molar-refractivity contribution is 5.93. The van der Waals surface area contributed by atoms with Crippen molar-refractivity contribution in [2.75, 3.05) is 11.9 Å². The molecule has 1 atom stereocenters. The Morgan fingerprint density at radius 2 is 2.00 bits per heavy atom. The molecular weight excluding hydrogens is 270 g/mol. The first-order valence-electron chi connectivity index (χ1n) is 6.83. The number of aliphatic carboxylic acids is 1. The molecule has 0 saturated carbocycles. The molecule has 21 heavy (non-hydrogen) atoms. The van der Waals surface area contributed by atoms with Crippen LogP contribution >= 0.6 is 0 Å². The van der Waals surface area contributed by atoms with Crippen molar-refractivity contribution in [3.63, 3.8) is 0 Å². The summed E-state index contributed by atoms with van der Waals surface area (Å²) in [5, 5.41) is 12.3. The van der Waals surface area contributed by atoms with Crippen LogP contribution in [0.4, 0.5) is 5.82 Å². The van der Waals surface area contributed by atoms with E-state index in [2.05, 4.69) is 10.3 Å². The first kappa shape index (κ1) is 16.9. The van der Waals surface area contributed by atoms with Gasteiger partial charge in [0.05, 0.1) is 5.92 Å². The Kier molecular flexibility index (Phi) is 5.29. The van der Waals surface area contributed by atoms with Gasteiger partial charge in [0.15, 0.2) is 0 Å². The van der Waals surface area contributed by atoms with Crippen molar-refractivity contribution in [1.29, 1.82) is 0 Å². The summed E-state index contributed by atoms with van der Waals surface area (Å²) in [6.45, 7) is 8.00. The smallest absolute Gasteiger partial charge is 0.308 e. The molecule has 1 heterocycles. The lowest BCUT2D eigenvalue weighted by Gasteiger charge is -2.23. The summed E-state index contributed by atoms with van der Waals surface area (Å²) in [5.41, 5.74) is 6.17. The van der Waals surface area contributed by atoms with Gasteiger partial charge < -0.3 is 16.2 Å². The second kappa shape index (κ2) is 6.56. The minimum atomic E-state index is -0.847. The standard InChI is InChI=1S/C15H23N3O3/c1-9-5-10(13(16)19)6-12(18-9)17-8-11(14(20)21)7-15(2,3)4/h5-6,11H,7-8H2,1-4H3,(H2,16,19)(H,17,18)(H,20,21). The molecule has 1 aromatic heterocycles. The zero-order valence-corrected chi connectivity index (χ0v) is 12.9. The summed E-state index contributed by atoms with van der Waals surface area (Å²) < 4.78 is 0. The number of aromatic nitrogens is 1. The topological polar surface area (TPSA) is 105 Å². The van der Waals surface area contributed by atoms with Crippen LogP contribution in [0, 0.1) is 18.3 Å². The van der Waals surface area contributed by atoms with Crippen molar-refractivity contribution < 1.29 is 14.7 Å². The number of carbonyl (C=O) groups is 2. The van der Waals surface area contributed by atoms with Crippen LogP contribution in [0.5, 0.6) is 0 Å². The molecule has 0 aromatic carbocycles. The van der Waals surface area contributed by atoms with Gasteiger partial charge in [0.2, 0.25) is 5.91 Å². The SMILES string of the molecule is Cc1cc(C(N)=O)cc(NCC(CC(C)(C)C)C(=O)O)n1. The maximum absolute atomic E-state index is 11.3. The molecule has 4 N–H and O–H groups in total. The van der Waals surface area contributed by atoms with Crippen molar-refractivity contribution in [2.45, 2.75) is 34.1 Å². The van der Waals surface area contributed by atoms with Gasteiger partial charge in [-0.3, -0.25) is 9.59 Å². The number of carboxylic acids is 1. The minimum Gasteiger partial charge on any atom is -0.481 e. The normalized spacial score (nSPS) is 12.8. The highest BCUT2D eigenvalue weighted by Crippen LogP contribution is 2.25. The fraction of sp³-hybridized carbons (Fsp3) is 0.533. The number of pyridine rings is 1. The van der Waals surface area contributed by atoms with Crippen LogP contribution < -0.4 is 11.1 Å². The highest BCUT2D eigenvalue weighted by atomic mass is 16.4. The number of nitrogens with one attached hydrogen (secondary N) is 1. The van der Waals surface area contributed by atoms with Crippen LogP contribution in [-0.2, 0) is 4.79 Å². The van der Waals surface area contributed by atoms with E-state index in [-0.39, 0.29) is 12.0 Å². The third-order valence-electron chi connectivity index (χ3n) is 2.98. The van der Waals surface area contributed by atoms with Crippen LogP contribution in [0.3, 0.4) is 0 Å². The molecule has 0 aliphatic rings. The van der Waals surface area contributed by atoms with Gasteiger partial charge in [0.1, 0.15) is 5.82 Å². The molecule has 6 heteroatoms. The predicted octanol–water partition coefficient (Wildman–Crippen LogP) is 2.04. The fourth-order valence-corrected chi connectivity index (χ4v) is 2.12. The molecule has 116 valence electrons. The first-order chi connectivity index (χ1) is 9.58. The number of nitrogens with zero attached hydrogens (tertiary/aromatic N) is 1. The predicted molar refractivity (Wildman–Crippen MR) is 81.2 cm³/mol. The Morgan fingerprint density at radius 1 is 1.38 bits per heavy atom. The zero-order chi connectivity index (χ0) is 16.2. The van der Waals surface area contributed by atoms with Gasteiger partial charge in [-0.2, -0.15) is 0 Å². The lowest BCUT2D eigenvalue weighted by molar-refractivity contribution is -0.142. The summed E-state index contributed by atoms with van der Waals surface area (Å²) in [5.74, 6) is -1.44. The number of aryl methyl sites for hydroxylation is 1. The second-order valence-electron chi connectivity index (χ2n) is 6.43. The zero-order valence-electron chi connectivity index (χ0n) is 12.9. The molecule has 0 radical (unpaired) electrons. The lowest BCUT2D eigenvalue weighted by Crippen LogP contribution is -2.27. The van der Waals surface area contributed by atoms with Gasteiger partial charge in [0, 0.05) is 17.8 Å². The van der Waals surface area contributed by atoms with E-state index in [1.807, 2.05) is 20.8 Å². The van der Waals surface area contributed by atoms with Crippen molar-refractivity contribution in [3.05, 3.63) is 23.4 Å². The molecule has 0 fully saturated rings. The molecule has 6 nitrogen and oxygen atoms in total. The molecule has 0 bridgehead atoms. The number of hydrogen-bond acceptors (Lipinski definition) is 4. The average molecular weight is 293 g/mol. The van der Waals surface area contributed by atoms with Crippen LogP contribution in [-0.4, -0.2) is 28.5 Å². The van der Waals surface area contributed by atoms with Crippen molar-refractivity contribution in [2.24, 2.45) is 17.1 Å². The van der Waals surface area contributed by atoms with E-state index in [0.29, 0.717) is 23.5 Å². The van der Waals surface area contributed by atoms with Crippen molar-refractivity contribution in [1.82, 2.24) is 4.98 Å². The van der Waals surface area contributed by atoms with Crippen molar-refractivity contribution in [3.8, 4) is 0 Å². The summed E-state index contributed by atoms with van der Waals surface area (Å²) >= 11 is 0. The number of carboxylic acid groups (broad SMARTS) is 1. The van der Waals surface area contributed by atoms with Gasteiger partial charge in [-0.05, 0) is 30.9 Å². The quantitative estimate of drug-likeness (QED) is 0.744. The summed E-state index contributed by atoms with van der Waals surface area (Å²) in [6.07, 6.45) is 0.545. The van der Waals surface area contributed by atoms with Gasteiger partial charge in [-0.25, -0.2) is 4.98 Å². The Bertz CT molecular complexity index is 535. The molecule has 1 rings (SSSR count). The Balaban J connectivity index is 2.81. The van der Waals surface area contributed by atoms with E-state index in [0.717, 1.165) is 0 Å². The number of rotatable bonds is 6. The molecular formula is C15H23N3O3. The maximum atomic E-state index is 11.3. The molecule has 0 aliphatic heterocycles. The number of primary amides is 1. The van der Waals surface area contributed by atoms with Crippen LogP contribution in [0.25, 0.3) is 0 Å². The molecule has 0 spiro atoms. The largest absolute Gasteiger partial charge is 0.481 e. The number of anilines is 1. The third kappa shape index (κ3) is 5.81. The molecule has 1 amide bonds. The number of carbonyl (C=O) groups excluding carboxylic acids is 1. The van der Waals surface area contributed by atoms with Crippen LogP contribution in [0.2, 0.25) is 0 Å². The Labute approximate surface area is 124 Å². The number of amides is 1. The van der Waals surface area contributed by atoms with Crippen LogP contribution in [0.15, 0.2) is 12.1 Å². The number of nitrogens with two attached hydrogens (primary N) is 1. The van der Waals surface area contributed by atoms with Crippen molar-refractivity contribution >= 4 is 17.7 Å². The monoisotopic (exact) mass is 293 g/mol. The molecule has 1 unspecified atom stereocenters. The van der Waals surface area contributed by atoms with Gasteiger partial charge in [0.25, 0.3) is 0 Å². The summed E-state index contributed by atoms with van der Waals surface area (Å²) in [6, 6.07) is 3.13. The first-order valence-corrected chi connectivity index (χ1v) is 6.83. The molecule has 0 saturated heterocycles. The summed E-state index contributed by atoms with van der Waals surface area (Å²) in [7, 11) is 0. The van der Waals surface area contributed by atoms with E-state index in [1.54, 1.807) is 13.0 Å². The average Bonchev–Trinajstić information content (AvgIpc) is 2.32. The molecule has 1 aromatic rings. The summed E-state index contributed by atoms with van der Waals surface area (Å²) in [4.78, 5) is 26.8. The van der Waals surface area contributed by atoms with Crippen LogP contribution in [0.1, 0.15) is 43.2 Å².